The second-order valence-electron chi connectivity index (χ2n) is 6.65. The van der Waals surface area contributed by atoms with Crippen LogP contribution in [0.15, 0.2) is 46.7 Å². The lowest BCUT2D eigenvalue weighted by atomic mass is 9.79. The van der Waals surface area contributed by atoms with Crippen molar-refractivity contribution in [1.82, 2.24) is 5.32 Å². The van der Waals surface area contributed by atoms with Crippen LogP contribution in [-0.2, 0) is 16.0 Å². The number of carbonyl (C=O) groups excluding carboxylic acids is 1. The molecule has 0 saturated carbocycles. The van der Waals surface area contributed by atoms with Gasteiger partial charge in [-0.1, -0.05) is 18.7 Å². The van der Waals surface area contributed by atoms with Crippen LogP contribution in [0.1, 0.15) is 42.7 Å². The molecule has 4 rings (SSSR count). The molecule has 7 heteroatoms. The molecule has 0 fully saturated rings. The number of rotatable bonds is 3. The number of nitrogens with zero attached hydrogens (tertiary/aromatic N) is 1. The Morgan fingerprint density at radius 1 is 1.27 bits per heavy atom. The van der Waals surface area contributed by atoms with E-state index in [9.17, 15) is 19.5 Å². The second-order valence-corrected chi connectivity index (χ2v) is 8.19. The summed E-state index contributed by atoms with van der Waals surface area (Å²) in [5.41, 5.74) is 3.46. The average molecular weight is 370 g/mol. The highest BCUT2D eigenvalue weighted by Gasteiger charge is 2.45. The molecule has 0 bridgehead atoms. The Kier molecular flexibility index (Phi) is 4.20. The molecule has 0 spiro atoms. The minimum absolute atomic E-state index is 0.0367. The third-order valence-corrected chi connectivity index (χ3v) is 6.74. The molecule has 6 nitrogen and oxygen atoms in total. The van der Waals surface area contributed by atoms with Crippen molar-refractivity contribution in [2.75, 3.05) is 5.75 Å². The van der Waals surface area contributed by atoms with E-state index in [0.29, 0.717) is 40.2 Å². The molecule has 0 amide bonds. The number of nitrogens with one attached hydrogen (secondary N) is 1. The van der Waals surface area contributed by atoms with Crippen LogP contribution >= 0.6 is 0 Å². The normalized spacial score (nSPS) is 24.9. The van der Waals surface area contributed by atoms with Gasteiger partial charge in [0, 0.05) is 30.2 Å². The number of dihydropyridines is 1. The first-order valence-electron chi connectivity index (χ1n) is 8.56. The summed E-state index contributed by atoms with van der Waals surface area (Å²) in [6, 6.07) is 4.93. The van der Waals surface area contributed by atoms with Crippen LogP contribution in [0.3, 0.4) is 0 Å². The van der Waals surface area contributed by atoms with E-state index in [0.717, 1.165) is 24.2 Å². The fraction of sp³-hybridized carbons (Fsp3) is 0.316. The zero-order valence-corrected chi connectivity index (χ0v) is 14.9. The van der Waals surface area contributed by atoms with Crippen molar-refractivity contribution >= 4 is 28.7 Å². The molecule has 1 aromatic rings. The molecule has 134 valence electrons. The fourth-order valence-corrected chi connectivity index (χ4v) is 5.58. The predicted molar refractivity (Wildman–Crippen MR) is 99.6 cm³/mol. The van der Waals surface area contributed by atoms with Crippen LogP contribution in [0.2, 0.25) is 0 Å². The van der Waals surface area contributed by atoms with Gasteiger partial charge >= 0.3 is 0 Å². The van der Waals surface area contributed by atoms with Crippen LogP contribution in [0.25, 0.3) is 6.08 Å². The smallest absolute Gasteiger partial charge is 0.276 e. The number of benzene rings is 1. The highest BCUT2D eigenvalue weighted by atomic mass is 32.2. The molecule has 0 radical (unpaired) electrons. The van der Waals surface area contributed by atoms with Crippen molar-refractivity contribution in [1.29, 1.82) is 0 Å². The molecule has 1 aromatic carbocycles. The van der Waals surface area contributed by atoms with Crippen LogP contribution in [-0.4, -0.2) is 21.0 Å². The second kappa shape index (κ2) is 6.41. The summed E-state index contributed by atoms with van der Waals surface area (Å²) in [6.07, 6.45) is 4.14. The monoisotopic (exact) mass is 370 g/mol. The summed E-state index contributed by atoms with van der Waals surface area (Å²) in [5, 5.41) is 14.8. The van der Waals surface area contributed by atoms with E-state index in [1.807, 2.05) is 0 Å². The number of hydrogen-bond acceptors (Lipinski definition) is 5. The standard InChI is InChI=1S/C19H18N2O4S/c1-2-11-6-7-12(10-15(11)21(23)24)17-18-13(4-3-5-16(18)22)20-14-8-9-26(25)19(14)17/h2,6-7,10,17,20H,1,3-5,8-9H2. The molecular formula is C19H18N2O4S. The van der Waals surface area contributed by atoms with Gasteiger partial charge in [0.15, 0.2) is 10.7 Å². The summed E-state index contributed by atoms with van der Waals surface area (Å²) in [6.45, 7) is 3.62. The predicted octanol–water partition coefficient (Wildman–Crippen LogP) is 3.30. The van der Waals surface area contributed by atoms with Crippen molar-refractivity contribution < 1.29 is 14.3 Å². The zero-order chi connectivity index (χ0) is 18.4. The lowest BCUT2D eigenvalue weighted by Gasteiger charge is -2.32. The van der Waals surface area contributed by atoms with Crippen LogP contribution in [0, 0.1) is 10.1 Å². The van der Waals surface area contributed by atoms with E-state index in [2.05, 4.69) is 11.9 Å². The Morgan fingerprint density at radius 3 is 2.81 bits per heavy atom. The summed E-state index contributed by atoms with van der Waals surface area (Å²) >= 11 is -1.18. The summed E-state index contributed by atoms with van der Waals surface area (Å²) in [4.78, 5) is 24.4. The minimum atomic E-state index is -1.18. The Balaban J connectivity index is 1.91. The summed E-state index contributed by atoms with van der Waals surface area (Å²) in [5.74, 6) is 0.0973. The molecule has 2 atom stereocenters. The van der Waals surface area contributed by atoms with Crippen LogP contribution in [0.4, 0.5) is 5.69 Å². The number of allylic oxidation sites excluding steroid dienone is 4. The number of hydrogen-bond donors (Lipinski definition) is 1. The van der Waals surface area contributed by atoms with Crippen molar-refractivity contribution in [3.8, 4) is 0 Å². The Hall–Kier alpha value is -2.38. The first-order chi connectivity index (χ1) is 12.5. The van der Waals surface area contributed by atoms with Crippen LogP contribution < -0.4 is 5.32 Å². The van der Waals surface area contributed by atoms with Crippen LogP contribution in [0.5, 0.6) is 0 Å². The van der Waals surface area contributed by atoms with Gasteiger partial charge in [-0.15, -0.1) is 0 Å². The molecule has 0 saturated heterocycles. The molecule has 0 aromatic heterocycles. The lowest BCUT2D eigenvalue weighted by Crippen LogP contribution is -2.32. The largest absolute Gasteiger partial charge is 0.612 e. The topological polar surface area (TPSA) is 95.3 Å². The van der Waals surface area contributed by atoms with Crippen molar-refractivity contribution in [2.45, 2.75) is 31.6 Å². The van der Waals surface area contributed by atoms with E-state index in [4.69, 9.17) is 0 Å². The summed E-state index contributed by atoms with van der Waals surface area (Å²) in [7, 11) is 0. The van der Waals surface area contributed by atoms with Gasteiger partial charge in [0.25, 0.3) is 5.69 Å². The third kappa shape index (κ3) is 2.59. The van der Waals surface area contributed by atoms with Crippen molar-refractivity contribution in [2.24, 2.45) is 0 Å². The lowest BCUT2D eigenvalue weighted by molar-refractivity contribution is -0.385. The Bertz CT molecular complexity index is 903. The third-order valence-electron chi connectivity index (χ3n) is 5.19. The SMILES string of the molecule is C=Cc1ccc(C2C3=C(CCCC3=O)NC3=C2[S+]([O-])CC3)cc1[N+](=O)[O-]. The quantitative estimate of drug-likeness (QED) is 0.500. The molecular weight excluding hydrogens is 352 g/mol. The van der Waals surface area contributed by atoms with Crippen molar-refractivity contribution in [3.05, 3.63) is 67.9 Å². The Morgan fingerprint density at radius 2 is 2.08 bits per heavy atom. The zero-order valence-electron chi connectivity index (χ0n) is 14.1. The van der Waals surface area contributed by atoms with E-state index >= 15 is 0 Å². The number of nitro groups is 1. The molecule has 1 aliphatic carbocycles. The number of Topliss-reactive ketones (excluding diaryl/α,β-unsaturated/α-hetero) is 1. The summed E-state index contributed by atoms with van der Waals surface area (Å²) < 4.78 is 12.6. The molecule has 1 N–H and O–H groups in total. The highest BCUT2D eigenvalue weighted by molar-refractivity contribution is 7.95. The van der Waals surface area contributed by atoms with E-state index < -0.39 is 22.0 Å². The fourth-order valence-electron chi connectivity index (χ4n) is 4.03. The molecule has 26 heavy (non-hydrogen) atoms. The number of nitro benzene ring substituents is 1. The van der Waals surface area contributed by atoms with E-state index in [-0.39, 0.29) is 11.5 Å². The van der Waals surface area contributed by atoms with Gasteiger partial charge in [0.05, 0.1) is 22.1 Å². The van der Waals surface area contributed by atoms with E-state index in [1.54, 1.807) is 12.1 Å². The van der Waals surface area contributed by atoms with Gasteiger partial charge in [0.1, 0.15) is 5.75 Å². The van der Waals surface area contributed by atoms with Gasteiger partial charge in [0.2, 0.25) is 0 Å². The average Bonchev–Trinajstić information content (AvgIpc) is 3.00. The maximum absolute atomic E-state index is 12.7. The Labute approximate surface area is 154 Å². The molecule has 3 aliphatic rings. The minimum Gasteiger partial charge on any atom is -0.612 e. The number of ketones is 1. The molecule has 2 unspecified atom stereocenters. The molecule has 2 heterocycles. The van der Waals surface area contributed by atoms with Gasteiger partial charge in [-0.2, -0.15) is 0 Å². The maximum atomic E-state index is 12.7. The molecule has 2 aliphatic heterocycles. The van der Waals surface area contributed by atoms with Gasteiger partial charge < -0.3 is 9.87 Å². The first kappa shape index (κ1) is 17.1. The first-order valence-corrected chi connectivity index (χ1v) is 9.88. The van der Waals surface area contributed by atoms with Gasteiger partial charge in [-0.3, -0.25) is 14.9 Å². The number of carbonyl (C=O) groups is 1. The van der Waals surface area contributed by atoms with Crippen molar-refractivity contribution in [3.63, 3.8) is 0 Å². The van der Waals surface area contributed by atoms with Gasteiger partial charge in [-0.05, 0) is 35.6 Å². The van der Waals surface area contributed by atoms with Gasteiger partial charge in [-0.25, -0.2) is 0 Å². The highest BCUT2D eigenvalue weighted by Crippen LogP contribution is 2.48. The maximum Gasteiger partial charge on any atom is 0.276 e. The van der Waals surface area contributed by atoms with E-state index in [1.165, 1.54) is 12.1 Å².